The molecule has 5 nitrogen and oxygen atoms in total. The van der Waals surface area contributed by atoms with Gasteiger partial charge in [0, 0.05) is 23.4 Å². The Morgan fingerprint density at radius 1 is 1.09 bits per heavy atom. The minimum absolute atomic E-state index is 0.153. The van der Waals surface area contributed by atoms with Crippen LogP contribution >= 0.6 is 0 Å². The van der Waals surface area contributed by atoms with E-state index in [1.807, 2.05) is 36.4 Å². The zero-order chi connectivity index (χ0) is 16.0. The van der Waals surface area contributed by atoms with Gasteiger partial charge in [-0.05, 0) is 12.1 Å². The van der Waals surface area contributed by atoms with Crippen LogP contribution in [0.25, 0.3) is 0 Å². The lowest BCUT2D eigenvalue weighted by Gasteiger charge is -2.30. The van der Waals surface area contributed by atoms with Crippen LogP contribution in [0.4, 0.5) is 11.4 Å². The summed E-state index contributed by atoms with van der Waals surface area (Å²) in [5.41, 5.74) is 2.25. The monoisotopic (exact) mass is 300 g/mol. The lowest BCUT2D eigenvalue weighted by molar-refractivity contribution is -0.902. The van der Waals surface area contributed by atoms with E-state index in [4.69, 9.17) is 0 Å². The van der Waals surface area contributed by atoms with Crippen molar-refractivity contribution in [3.63, 3.8) is 0 Å². The summed E-state index contributed by atoms with van der Waals surface area (Å²) in [6.07, 6.45) is 0. The van der Waals surface area contributed by atoms with Crippen molar-refractivity contribution in [2.45, 2.75) is 6.54 Å². The number of para-hydroxylation sites is 1. The average Bonchev–Trinajstić information content (AvgIpc) is 2.48. The Morgan fingerprint density at radius 3 is 2.50 bits per heavy atom. The maximum Gasteiger partial charge on any atom is 0.269 e. The standard InChI is InChI=1S/C17H22N3O2/c1-20(2,12-11-18-16-8-4-3-5-9-16)14-15-7-6-10-17(13-15)19(21)22/h3-10,13,18H,11-12,14H2,1-2H3/q+1. The Kier molecular flexibility index (Phi) is 5.12. The van der Waals surface area contributed by atoms with E-state index >= 15 is 0 Å². The van der Waals surface area contributed by atoms with Crippen molar-refractivity contribution in [3.8, 4) is 0 Å². The molecular formula is C17H22N3O2+. The number of non-ortho nitro benzene ring substituents is 1. The number of hydrogen-bond acceptors (Lipinski definition) is 3. The molecule has 0 bridgehead atoms. The number of nitrogens with zero attached hydrogens (tertiary/aromatic N) is 2. The lowest BCUT2D eigenvalue weighted by Crippen LogP contribution is -2.42. The van der Waals surface area contributed by atoms with E-state index in [0.29, 0.717) is 0 Å². The largest absolute Gasteiger partial charge is 0.379 e. The molecule has 0 aliphatic rings. The summed E-state index contributed by atoms with van der Waals surface area (Å²) < 4.78 is 0.765. The Balaban J connectivity index is 1.90. The number of benzene rings is 2. The van der Waals surface area contributed by atoms with E-state index in [9.17, 15) is 10.1 Å². The lowest BCUT2D eigenvalue weighted by atomic mass is 10.2. The van der Waals surface area contributed by atoms with Crippen molar-refractivity contribution < 1.29 is 9.41 Å². The molecule has 0 atom stereocenters. The highest BCUT2D eigenvalue weighted by atomic mass is 16.6. The first-order valence-electron chi connectivity index (χ1n) is 7.30. The summed E-state index contributed by atoms with van der Waals surface area (Å²) in [6.45, 7) is 2.54. The molecule has 0 aliphatic heterocycles. The fourth-order valence-corrected chi connectivity index (χ4v) is 2.40. The number of nitro groups is 1. The van der Waals surface area contributed by atoms with E-state index in [1.165, 1.54) is 6.07 Å². The van der Waals surface area contributed by atoms with Crippen molar-refractivity contribution >= 4 is 11.4 Å². The summed E-state index contributed by atoms with van der Waals surface area (Å²) in [7, 11) is 4.26. The average molecular weight is 300 g/mol. The van der Waals surface area contributed by atoms with Crippen LogP contribution in [0.2, 0.25) is 0 Å². The van der Waals surface area contributed by atoms with E-state index in [0.717, 1.165) is 35.4 Å². The van der Waals surface area contributed by atoms with Crippen LogP contribution in [0.1, 0.15) is 5.56 Å². The Labute approximate surface area is 130 Å². The third-order valence-electron chi connectivity index (χ3n) is 3.55. The second-order valence-electron chi connectivity index (χ2n) is 6.04. The zero-order valence-electron chi connectivity index (χ0n) is 13.0. The fourth-order valence-electron chi connectivity index (χ4n) is 2.40. The maximum absolute atomic E-state index is 10.8. The van der Waals surface area contributed by atoms with E-state index in [2.05, 4.69) is 19.4 Å². The zero-order valence-corrected chi connectivity index (χ0v) is 13.0. The molecule has 0 aromatic heterocycles. The Bertz CT molecular complexity index is 627. The Hall–Kier alpha value is -2.40. The van der Waals surface area contributed by atoms with E-state index in [1.54, 1.807) is 12.1 Å². The molecule has 22 heavy (non-hydrogen) atoms. The topological polar surface area (TPSA) is 55.2 Å². The molecule has 0 unspecified atom stereocenters. The van der Waals surface area contributed by atoms with Crippen LogP contribution in [-0.2, 0) is 6.54 Å². The van der Waals surface area contributed by atoms with Gasteiger partial charge in [-0.15, -0.1) is 0 Å². The minimum atomic E-state index is -0.347. The smallest absolute Gasteiger partial charge is 0.269 e. The summed E-state index contributed by atoms with van der Waals surface area (Å²) >= 11 is 0. The quantitative estimate of drug-likeness (QED) is 0.485. The van der Waals surface area contributed by atoms with Crippen LogP contribution in [0.5, 0.6) is 0 Å². The van der Waals surface area contributed by atoms with Gasteiger partial charge in [-0.2, -0.15) is 0 Å². The number of rotatable bonds is 7. The molecule has 0 saturated carbocycles. The van der Waals surface area contributed by atoms with E-state index < -0.39 is 0 Å². The van der Waals surface area contributed by atoms with Gasteiger partial charge in [0.1, 0.15) is 6.54 Å². The summed E-state index contributed by atoms with van der Waals surface area (Å²) in [6, 6.07) is 17.0. The van der Waals surface area contributed by atoms with Crippen molar-refractivity contribution in [2.75, 3.05) is 32.5 Å². The molecule has 0 heterocycles. The van der Waals surface area contributed by atoms with Gasteiger partial charge in [0.25, 0.3) is 5.69 Å². The third kappa shape index (κ3) is 4.86. The number of likely N-dealkylation sites (N-methyl/N-ethyl adjacent to an activating group) is 1. The predicted molar refractivity (Wildman–Crippen MR) is 88.7 cm³/mol. The first-order chi connectivity index (χ1) is 10.5. The van der Waals surface area contributed by atoms with Crippen LogP contribution in [0.3, 0.4) is 0 Å². The van der Waals surface area contributed by atoms with Crippen LogP contribution < -0.4 is 5.32 Å². The number of quaternary nitrogens is 1. The van der Waals surface area contributed by atoms with Crippen LogP contribution in [-0.4, -0.2) is 36.6 Å². The van der Waals surface area contributed by atoms with E-state index in [-0.39, 0.29) is 10.6 Å². The van der Waals surface area contributed by atoms with Gasteiger partial charge in [-0.1, -0.05) is 30.3 Å². The van der Waals surface area contributed by atoms with Crippen molar-refractivity contribution in [1.82, 2.24) is 0 Å². The number of nitro benzene ring substituents is 1. The first-order valence-corrected chi connectivity index (χ1v) is 7.30. The Morgan fingerprint density at radius 2 is 1.82 bits per heavy atom. The van der Waals surface area contributed by atoms with Crippen molar-refractivity contribution in [3.05, 3.63) is 70.3 Å². The highest BCUT2D eigenvalue weighted by Gasteiger charge is 2.17. The molecule has 1 N–H and O–H groups in total. The molecule has 0 amide bonds. The second kappa shape index (κ2) is 7.04. The highest BCUT2D eigenvalue weighted by molar-refractivity contribution is 5.42. The molecule has 2 aromatic rings. The van der Waals surface area contributed by atoms with Gasteiger partial charge < -0.3 is 9.80 Å². The molecule has 116 valence electrons. The summed E-state index contributed by atoms with van der Waals surface area (Å²) in [5, 5.41) is 14.2. The molecular weight excluding hydrogens is 278 g/mol. The van der Waals surface area contributed by atoms with Gasteiger partial charge in [0.15, 0.2) is 0 Å². The van der Waals surface area contributed by atoms with Gasteiger partial charge in [0.05, 0.1) is 32.1 Å². The fraction of sp³-hybridized carbons (Fsp3) is 0.294. The van der Waals surface area contributed by atoms with Gasteiger partial charge in [-0.25, -0.2) is 0 Å². The third-order valence-corrected chi connectivity index (χ3v) is 3.55. The summed E-state index contributed by atoms with van der Waals surface area (Å²) in [4.78, 5) is 10.5. The highest BCUT2D eigenvalue weighted by Crippen LogP contribution is 2.16. The van der Waals surface area contributed by atoms with Gasteiger partial charge >= 0.3 is 0 Å². The molecule has 0 saturated heterocycles. The SMILES string of the molecule is C[N+](C)(CCNc1ccccc1)Cc1cccc([N+](=O)[O-])c1. The molecule has 2 rings (SSSR count). The molecule has 0 spiro atoms. The normalized spacial score (nSPS) is 11.2. The minimum Gasteiger partial charge on any atom is -0.379 e. The van der Waals surface area contributed by atoms with Crippen molar-refractivity contribution in [1.29, 1.82) is 0 Å². The van der Waals surface area contributed by atoms with Gasteiger partial charge in [0.2, 0.25) is 0 Å². The molecule has 2 aromatic carbocycles. The van der Waals surface area contributed by atoms with Crippen LogP contribution in [0.15, 0.2) is 54.6 Å². The van der Waals surface area contributed by atoms with Gasteiger partial charge in [-0.3, -0.25) is 10.1 Å². The molecule has 5 heteroatoms. The number of hydrogen-bond donors (Lipinski definition) is 1. The second-order valence-corrected chi connectivity index (χ2v) is 6.04. The number of nitrogens with one attached hydrogen (secondary N) is 1. The predicted octanol–water partition coefficient (Wildman–Crippen LogP) is 3.28. The molecule has 0 radical (unpaired) electrons. The molecule has 0 fully saturated rings. The van der Waals surface area contributed by atoms with Crippen LogP contribution in [0, 0.1) is 10.1 Å². The first kappa shape index (κ1) is 16.0. The molecule has 0 aliphatic carbocycles. The maximum atomic E-state index is 10.8. The summed E-state index contributed by atoms with van der Waals surface area (Å²) in [5.74, 6) is 0. The number of anilines is 1. The van der Waals surface area contributed by atoms with Crippen molar-refractivity contribution in [2.24, 2.45) is 0 Å².